The van der Waals surface area contributed by atoms with E-state index in [4.69, 9.17) is 18.5 Å². The Morgan fingerprint density at radius 1 is 0.786 bits per heavy atom. The van der Waals surface area contributed by atoms with Crippen molar-refractivity contribution >= 4 is 19.8 Å². The molecule has 0 spiro atoms. The first-order chi connectivity index (χ1) is 19.9. The van der Waals surface area contributed by atoms with E-state index in [-0.39, 0.29) is 19.6 Å². The van der Waals surface area contributed by atoms with Crippen LogP contribution in [-0.4, -0.2) is 74.9 Å². The molecule has 42 heavy (non-hydrogen) atoms. The van der Waals surface area contributed by atoms with E-state index in [0.29, 0.717) is 17.4 Å². The number of phosphoric ester groups is 1. The quantitative estimate of drug-likeness (QED) is 0.0358. The molecule has 0 saturated heterocycles. The van der Waals surface area contributed by atoms with Crippen LogP contribution in [0.4, 0.5) is 0 Å². The van der Waals surface area contributed by atoms with E-state index in [1.807, 2.05) is 21.1 Å². The zero-order valence-corrected chi connectivity index (χ0v) is 27.6. The molecule has 0 rings (SSSR count). The molecular formula is C32H57NO8P+. The van der Waals surface area contributed by atoms with Gasteiger partial charge in [0.2, 0.25) is 0 Å². The van der Waals surface area contributed by atoms with Crippen LogP contribution in [0.25, 0.3) is 0 Å². The Balaban J connectivity index is 4.03. The van der Waals surface area contributed by atoms with Gasteiger partial charge in [0, 0.05) is 13.3 Å². The minimum Gasteiger partial charge on any atom is -0.462 e. The number of rotatable bonds is 26. The molecule has 0 aliphatic heterocycles. The SMILES string of the molecule is CC/C=C\C/C=C\C/C=C\C/C=C\CCCCCCCCC(=O)OC(COC(C)=O)COP(=O)(O)OCC[N+](C)(C)C. The first-order valence-electron chi connectivity index (χ1n) is 15.3. The van der Waals surface area contributed by atoms with E-state index in [9.17, 15) is 19.0 Å². The van der Waals surface area contributed by atoms with Crippen molar-refractivity contribution in [2.45, 2.75) is 97.0 Å². The molecule has 0 bridgehead atoms. The van der Waals surface area contributed by atoms with Gasteiger partial charge in [-0.25, -0.2) is 4.57 Å². The van der Waals surface area contributed by atoms with Gasteiger partial charge in [-0.15, -0.1) is 0 Å². The minimum absolute atomic E-state index is 0.0239. The highest BCUT2D eigenvalue weighted by molar-refractivity contribution is 7.47. The van der Waals surface area contributed by atoms with Gasteiger partial charge in [0.25, 0.3) is 0 Å². The van der Waals surface area contributed by atoms with E-state index in [0.717, 1.165) is 64.2 Å². The summed E-state index contributed by atoms with van der Waals surface area (Å²) in [7, 11) is 1.44. The van der Waals surface area contributed by atoms with Crippen molar-refractivity contribution in [3.63, 3.8) is 0 Å². The zero-order valence-electron chi connectivity index (χ0n) is 26.7. The second-order valence-corrected chi connectivity index (χ2v) is 12.6. The summed E-state index contributed by atoms with van der Waals surface area (Å²) in [6.07, 6.45) is 28.1. The lowest BCUT2D eigenvalue weighted by atomic mass is 10.1. The van der Waals surface area contributed by atoms with Gasteiger partial charge in [0.05, 0.1) is 27.7 Å². The number of phosphoric acid groups is 1. The molecule has 0 radical (unpaired) electrons. The van der Waals surface area contributed by atoms with Crippen molar-refractivity contribution in [2.24, 2.45) is 0 Å². The van der Waals surface area contributed by atoms with Crippen molar-refractivity contribution < 1.29 is 42.1 Å². The predicted octanol–water partition coefficient (Wildman–Crippen LogP) is 7.23. The van der Waals surface area contributed by atoms with E-state index in [2.05, 4.69) is 55.5 Å². The minimum atomic E-state index is -4.33. The Hall–Kier alpha value is -2.03. The lowest BCUT2D eigenvalue weighted by Crippen LogP contribution is -2.37. The van der Waals surface area contributed by atoms with Gasteiger partial charge >= 0.3 is 19.8 Å². The second-order valence-electron chi connectivity index (χ2n) is 11.2. The summed E-state index contributed by atoms with van der Waals surface area (Å²) in [4.78, 5) is 33.4. The molecule has 0 aliphatic carbocycles. The van der Waals surface area contributed by atoms with Crippen LogP contribution in [0.3, 0.4) is 0 Å². The summed E-state index contributed by atoms with van der Waals surface area (Å²) in [5.74, 6) is -1.02. The molecular weight excluding hydrogens is 557 g/mol. The molecule has 0 aromatic carbocycles. The van der Waals surface area contributed by atoms with E-state index in [1.54, 1.807) is 0 Å². The number of nitrogens with zero attached hydrogens (tertiary/aromatic N) is 1. The Morgan fingerprint density at radius 3 is 1.90 bits per heavy atom. The van der Waals surface area contributed by atoms with Crippen molar-refractivity contribution in [1.29, 1.82) is 0 Å². The maximum Gasteiger partial charge on any atom is 0.472 e. The molecule has 242 valence electrons. The van der Waals surface area contributed by atoms with Gasteiger partial charge in [-0.2, -0.15) is 0 Å². The topological polar surface area (TPSA) is 108 Å². The molecule has 0 aliphatic rings. The Kier molecular flexibility index (Phi) is 24.2. The molecule has 0 heterocycles. The number of quaternary nitrogens is 1. The first kappa shape index (κ1) is 40.0. The standard InChI is InChI=1S/C32H56NO8P/c1-6-7-8-9-10-11-12-13-14-15-16-17-18-19-20-21-22-23-24-25-32(35)41-31(28-38-30(2)34)29-40-42(36,37)39-27-26-33(3,4)5/h7-8,10-11,13-14,16-17,31H,6,9,12,15,18-29H2,1-5H3/p+1/b8-7-,11-10-,14-13-,17-16-. The van der Waals surface area contributed by atoms with Crippen LogP contribution >= 0.6 is 7.82 Å². The Morgan fingerprint density at radius 2 is 1.33 bits per heavy atom. The summed E-state index contributed by atoms with van der Waals surface area (Å²) in [6.45, 7) is 3.22. The maximum atomic E-state index is 12.3. The van der Waals surface area contributed by atoms with Crippen molar-refractivity contribution in [3.8, 4) is 0 Å². The van der Waals surface area contributed by atoms with Crippen LogP contribution in [0, 0.1) is 0 Å². The lowest BCUT2D eigenvalue weighted by molar-refractivity contribution is -0.870. The molecule has 0 aromatic rings. The fourth-order valence-electron chi connectivity index (χ4n) is 3.55. The molecule has 1 N–H and O–H groups in total. The third-order valence-corrected chi connectivity index (χ3v) is 6.92. The van der Waals surface area contributed by atoms with Gasteiger partial charge in [0.15, 0.2) is 6.10 Å². The van der Waals surface area contributed by atoms with Crippen LogP contribution in [0.1, 0.15) is 90.9 Å². The number of allylic oxidation sites excluding steroid dienone is 8. The molecule has 2 unspecified atom stereocenters. The highest BCUT2D eigenvalue weighted by Gasteiger charge is 2.26. The number of esters is 2. The highest BCUT2D eigenvalue weighted by Crippen LogP contribution is 2.43. The molecule has 0 aromatic heterocycles. The molecule has 9 nitrogen and oxygen atoms in total. The van der Waals surface area contributed by atoms with E-state index >= 15 is 0 Å². The normalized spacial score (nSPS) is 14.7. The fraction of sp³-hybridized carbons (Fsp3) is 0.688. The predicted molar refractivity (Wildman–Crippen MR) is 169 cm³/mol. The maximum absolute atomic E-state index is 12.3. The van der Waals surface area contributed by atoms with E-state index in [1.165, 1.54) is 6.92 Å². The highest BCUT2D eigenvalue weighted by atomic mass is 31.2. The molecule has 10 heteroatoms. The molecule has 2 atom stereocenters. The monoisotopic (exact) mass is 614 g/mol. The van der Waals surface area contributed by atoms with Crippen molar-refractivity contribution in [1.82, 2.24) is 0 Å². The summed E-state index contributed by atoms with van der Waals surface area (Å²) < 4.78 is 32.9. The first-order valence-corrected chi connectivity index (χ1v) is 16.8. The second kappa shape index (κ2) is 25.5. The largest absolute Gasteiger partial charge is 0.472 e. The fourth-order valence-corrected chi connectivity index (χ4v) is 4.29. The Bertz CT molecular complexity index is 876. The third kappa shape index (κ3) is 29.5. The number of unbranched alkanes of at least 4 members (excludes halogenated alkanes) is 6. The number of carbonyl (C=O) groups is 2. The smallest absolute Gasteiger partial charge is 0.462 e. The molecule has 0 saturated carbocycles. The van der Waals surface area contributed by atoms with Crippen LogP contribution in [0.5, 0.6) is 0 Å². The molecule has 0 amide bonds. The van der Waals surface area contributed by atoms with E-state index < -0.39 is 32.5 Å². The van der Waals surface area contributed by atoms with Crippen molar-refractivity contribution in [3.05, 3.63) is 48.6 Å². The third-order valence-electron chi connectivity index (χ3n) is 5.93. The van der Waals surface area contributed by atoms with Crippen molar-refractivity contribution in [2.75, 3.05) is 47.5 Å². The van der Waals surface area contributed by atoms with Gasteiger partial charge < -0.3 is 18.9 Å². The number of ether oxygens (including phenoxy) is 2. The van der Waals surface area contributed by atoms with Crippen LogP contribution in [-0.2, 0) is 32.7 Å². The van der Waals surface area contributed by atoms with Gasteiger partial charge in [-0.3, -0.25) is 18.6 Å². The van der Waals surface area contributed by atoms with Gasteiger partial charge in [-0.1, -0.05) is 81.2 Å². The lowest BCUT2D eigenvalue weighted by Gasteiger charge is -2.24. The summed E-state index contributed by atoms with van der Waals surface area (Å²) in [5, 5.41) is 0. The summed E-state index contributed by atoms with van der Waals surface area (Å²) >= 11 is 0. The molecule has 0 fully saturated rings. The number of carbonyl (C=O) groups excluding carboxylic acids is 2. The van der Waals surface area contributed by atoms with Crippen LogP contribution in [0.2, 0.25) is 0 Å². The van der Waals surface area contributed by atoms with Gasteiger partial charge in [-0.05, 0) is 44.9 Å². The number of hydrogen-bond donors (Lipinski definition) is 1. The summed E-state index contributed by atoms with van der Waals surface area (Å²) in [6, 6.07) is 0. The Labute approximate surface area is 254 Å². The number of hydrogen-bond acceptors (Lipinski definition) is 7. The average Bonchev–Trinajstić information content (AvgIpc) is 2.90. The zero-order chi connectivity index (χ0) is 31.5. The summed E-state index contributed by atoms with van der Waals surface area (Å²) in [5.41, 5.74) is 0. The van der Waals surface area contributed by atoms with Gasteiger partial charge in [0.1, 0.15) is 19.8 Å². The average molecular weight is 615 g/mol. The van der Waals surface area contributed by atoms with Crippen LogP contribution < -0.4 is 0 Å². The van der Waals surface area contributed by atoms with Crippen LogP contribution in [0.15, 0.2) is 48.6 Å². The number of likely N-dealkylation sites (N-methyl/N-ethyl adjacent to an activating group) is 1.